The van der Waals surface area contributed by atoms with Gasteiger partial charge in [0.25, 0.3) is 0 Å². The lowest BCUT2D eigenvalue weighted by molar-refractivity contribution is -0.126. The van der Waals surface area contributed by atoms with Gasteiger partial charge in [0.1, 0.15) is 0 Å². The molecule has 2 heterocycles. The molecule has 1 aromatic carbocycles. The maximum absolute atomic E-state index is 12.9. The Morgan fingerprint density at radius 1 is 1.35 bits per heavy atom. The first-order valence-electron chi connectivity index (χ1n) is 9.50. The van der Waals surface area contributed by atoms with Crippen LogP contribution in [0.2, 0.25) is 0 Å². The van der Waals surface area contributed by atoms with Crippen LogP contribution in [0.25, 0.3) is 0 Å². The van der Waals surface area contributed by atoms with E-state index >= 15 is 0 Å². The average Bonchev–Trinajstić information content (AvgIpc) is 3.04. The van der Waals surface area contributed by atoms with Gasteiger partial charge in [0.2, 0.25) is 5.91 Å². The van der Waals surface area contributed by atoms with Crippen molar-refractivity contribution in [3.05, 3.63) is 59.3 Å². The fraction of sp³-hybridized carbons (Fsp3) is 0.455. The molecule has 0 bridgehead atoms. The van der Waals surface area contributed by atoms with Crippen LogP contribution in [0.5, 0.6) is 0 Å². The quantitative estimate of drug-likeness (QED) is 0.855. The molecule has 1 N–H and O–H groups in total. The van der Waals surface area contributed by atoms with Crippen molar-refractivity contribution in [2.75, 3.05) is 5.75 Å². The van der Waals surface area contributed by atoms with Crippen LogP contribution in [0, 0.1) is 11.8 Å². The summed E-state index contributed by atoms with van der Waals surface area (Å²) in [6.07, 6.45) is 10.3. The van der Waals surface area contributed by atoms with Crippen LogP contribution in [-0.2, 0) is 11.3 Å². The van der Waals surface area contributed by atoms with Gasteiger partial charge in [-0.05, 0) is 41.9 Å². The van der Waals surface area contributed by atoms with Crippen LogP contribution in [0.3, 0.4) is 0 Å². The third-order valence-corrected chi connectivity index (χ3v) is 7.61. The molecule has 4 rings (SSSR count). The van der Waals surface area contributed by atoms with Gasteiger partial charge in [-0.2, -0.15) is 0 Å². The largest absolute Gasteiger partial charge is 0.352 e. The van der Waals surface area contributed by atoms with Crippen molar-refractivity contribution in [2.45, 2.75) is 43.9 Å². The lowest BCUT2D eigenvalue weighted by Crippen LogP contribution is -2.43. The third kappa shape index (κ3) is 3.05. The number of aliphatic imine (C=N–C) groups is 1. The molecule has 3 aliphatic rings. The minimum Gasteiger partial charge on any atom is -0.352 e. The molecular weight excluding hydrogens is 340 g/mol. The Hall–Kier alpha value is -1.81. The lowest BCUT2D eigenvalue weighted by atomic mass is 9.73. The average molecular weight is 367 g/mol. The minimum atomic E-state index is 0.0183. The number of amides is 1. The minimum absolute atomic E-state index is 0.0183. The number of nitrogens with one attached hydrogen (secondary N) is 1. The Kier molecular flexibility index (Phi) is 4.78. The number of thioether (sulfide) groups is 1. The van der Waals surface area contributed by atoms with E-state index in [1.54, 1.807) is 0 Å². The topological polar surface area (TPSA) is 41.5 Å². The van der Waals surface area contributed by atoms with Crippen LogP contribution in [0.4, 0.5) is 0 Å². The highest BCUT2D eigenvalue weighted by Crippen LogP contribution is 2.57. The summed E-state index contributed by atoms with van der Waals surface area (Å²) in [5, 5.41) is 3.18. The number of benzene rings is 1. The van der Waals surface area contributed by atoms with Crippen LogP contribution >= 0.6 is 11.8 Å². The summed E-state index contributed by atoms with van der Waals surface area (Å²) in [6, 6.07) is 8.58. The molecule has 1 aliphatic carbocycles. The molecule has 2 aliphatic heterocycles. The van der Waals surface area contributed by atoms with Crippen molar-refractivity contribution in [1.29, 1.82) is 0 Å². The molecule has 1 saturated heterocycles. The monoisotopic (exact) mass is 366 g/mol. The first kappa shape index (κ1) is 17.6. The molecule has 0 aromatic heterocycles. The zero-order valence-electron chi connectivity index (χ0n) is 15.4. The standard InChI is InChI=1S/C22H26N2OS/c1-15(2)17-8-6-16(7-9-17)13-24-21(25)18-14-26-22-11-4-3-5-20(22)23-12-10-19(18)22/h3-9,12,15,18-19H,10-11,13-14H2,1-2H3,(H,24,25). The van der Waals surface area contributed by atoms with Crippen LogP contribution in [0.1, 0.15) is 43.7 Å². The predicted octanol–water partition coefficient (Wildman–Crippen LogP) is 4.46. The molecule has 3 nitrogen and oxygen atoms in total. The summed E-state index contributed by atoms with van der Waals surface area (Å²) >= 11 is 1.93. The van der Waals surface area contributed by atoms with E-state index in [4.69, 9.17) is 0 Å². The van der Waals surface area contributed by atoms with Crippen LogP contribution in [0.15, 0.2) is 53.2 Å². The maximum Gasteiger partial charge on any atom is 0.224 e. The Labute approximate surface area is 160 Å². The smallest absolute Gasteiger partial charge is 0.224 e. The molecule has 0 saturated carbocycles. The molecule has 3 atom stereocenters. The second kappa shape index (κ2) is 7.07. The Morgan fingerprint density at radius 2 is 2.15 bits per heavy atom. The van der Waals surface area contributed by atoms with Crippen molar-refractivity contribution in [3.63, 3.8) is 0 Å². The van der Waals surface area contributed by atoms with E-state index < -0.39 is 0 Å². The summed E-state index contributed by atoms with van der Waals surface area (Å²) in [5.41, 5.74) is 3.65. The second-order valence-corrected chi connectivity index (χ2v) is 9.11. The maximum atomic E-state index is 12.9. The zero-order chi connectivity index (χ0) is 18.1. The second-order valence-electron chi connectivity index (χ2n) is 7.76. The molecule has 136 valence electrons. The van der Waals surface area contributed by atoms with Gasteiger partial charge in [-0.25, -0.2) is 0 Å². The van der Waals surface area contributed by atoms with Crippen molar-refractivity contribution >= 4 is 23.9 Å². The Balaban J connectivity index is 1.42. The number of allylic oxidation sites excluding steroid dienone is 3. The fourth-order valence-electron chi connectivity index (χ4n) is 4.28. The predicted molar refractivity (Wildman–Crippen MR) is 109 cm³/mol. The summed E-state index contributed by atoms with van der Waals surface area (Å²) in [4.78, 5) is 17.5. The first-order chi connectivity index (χ1) is 12.6. The third-order valence-electron chi connectivity index (χ3n) is 5.89. The molecule has 4 heteroatoms. The van der Waals surface area contributed by atoms with Crippen LogP contribution in [-0.4, -0.2) is 22.6 Å². The molecule has 26 heavy (non-hydrogen) atoms. The van der Waals surface area contributed by atoms with Gasteiger partial charge in [-0.3, -0.25) is 9.79 Å². The summed E-state index contributed by atoms with van der Waals surface area (Å²) < 4.78 is 0.0183. The number of hydrogen-bond donors (Lipinski definition) is 1. The highest BCUT2D eigenvalue weighted by atomic mass is 32.2. The van der Waals surface area contributed by atoms with E-state index in [-0.39, 0.29) is 16.6 Å². The number of carbonyl (C=O) groups excluding carboxylic acids is 1. The van der Waals surface area contributed by atoms with Crippen molar-refractivity contribution in [3.8, 4) is 0 Å². The number of rotatable bonds is 4. The molecular formula is C22H26N2OS. The van der Waals surface area contributed by atoms with E-state index in [1.807, 2.05) is 18.0 Å². The molecule has 1 fully saturated rings. The van der Waals surface area contributed by atoms with E-state index in [9.17, 15) is 4.79 Å². The molecule has 1 spiro atoms. The molecule has 3 unspecified atom stereocenters. The van der Waals surface area contributed by atoms with E-state index in [0.717, 1.165) is 29.9 Å². The first-order valence-corrected chi connectivity index (χ1v) is 10.5. The SMILES string of the molecule is CC(C)c1ccc(CNC(=O)C2CSC34CC=CC=C3N=CCC24)cc1. The van der Waals surface area contributed by atoms with Crippen molar-refractivity contribution in [1.82, 2.24) is 5.32 Å². The molecule has 0 radical (unpaired) electrons. The summed E-state index contributed by atoms with van der Waals surface area (Å²) in [6.45, 7) is 5.00. The zero-order valence-corrected chi connectivity index (χ0v) is 16.3. The van der Waals surface area contributed by atoms with Gasteiger partial charge < -0.3 is 5.32 Å². The normalized spacial score (nSPS) is 29.3. The van der Waals surface area contributed by atoms with E-state index in [2.05, 4.69) is 66.7 Å². The van der Waals surface area contributed by atoms with Crippen molar-refractivity contribution < 1.29 is 4.79 Å². The van der Waals surface area contributed by atoms with E-state index in [0.29, 0.717) is 18.4 Å². The van der Waals surface area contributed by atoms with Gasteiger partial charge in [-0.1, -0.05) is 50.3 Å². The van der Waals surface area contributed by atoms with E-state index in [1.165, 1.54) is 5.56 Å². The highest BCUT2D eigenvalue weighted by molar-refractivity contribution is 8.01. The Morgan fingerprint density at radius 3 is 2.92 bits per heavy atom. The molecule has 1 aromatic rings. The highest BCUT2D eigenvalue weighted by Gasteiger charge is 2.54. The van der Waals surface area contributed by atoms with Gasteiger partial charge in [0.05, 0.1) is 16.4 Å². The van der Waals surface area contributed by atoms with Crippen molar-refractivity contribution in [2.24, 2.45) is 16.8 Å². The van der Waals surface area contributed by atoms with Gasteiger partial charge in [0.15, 0.2) is 0 Å². The van der Waals surface area contributed by atoms with Gasteiger partial charge in [0, 0.05) is 18.5 Å². The van der Waals surface area contributed by atoms with Gasteiger partial charge >= 0.3 is 0 Å². The van der Waals surface area contributed by atoms with Crippen LogP contribution < -0.4 is 5.32 Å². The lowest BCUT2D eigenvalue weighted by Gasteiger charge is -2.39. The molecule has 1 amide bonds. The number of carbonyl (C=O) groups is 1. The Bertz CT molecular complexity index is 778. The van der Waals surface area contributed by atoms with Gasteiger partial charge in [-0.15, -0.1) is 11.8 Å². The number of nitrogens with zero attached hydrogens (tertiary/aromatic N) is 1. The summed E-state index contributed by atoms with van der Waals surface area (Å²) in [5.74, 6) is 2.03. The fourth-order valence-corrected chi connectivity index (χ4v) is 6.10. The number of hydrogen-bond acceptors (Lipinski definition) is 3. The summed E-state index contributed by atoms with van der Waals surface area (Å²) in [7, 11) is 0.